The Labute approximate surface area is 89.1 Å². The average molecular weight is 221 g/mol. The van der Waals surface area contributed by atoms with Crippen LogP contribution in [0.4, 0.5) is 0 Å². The summed E-state index contributed by atoms with van der Waals surface area (Å²) in [6.45, 7) is 5.97. The highest BCUT2D eigenvalue weighted by Gasteiger charge is 2.07. The molecule has 0 aromatic heterocycles. The number of aliphatic carboxylic acids is 1. The minimum Gasteiger partial charge on any atom is -0.479 e. The van der Waals surface area contributed by atoms with E-state index in [1.165, 1.54) is 20.8 Å². The molecule has 6 heteroatoms. The SMILES string of the molecule is CC(C)=O.CC(N)=O.CCC(O)C(=O)O. The maximum absolute atomic E-state index is 9.68. The molecule has 4 N–H and O–H groups in total. The quantitative estimate of drug-likeness (QED) is 0.603. The number of ketones is 1. The summed E-state index contributed by atoms with van der Waals surface area (Å²) in [5, 5.41) is 16.3. The molecule has 0 radical (unpaired) electrons. The van der Waals surface area contributed by atoms with E-state index in [-0.39, 0.29) is 18.1 Å². The molecule has 90 valence electrons. The second kappa shape index (κ2) is 12.6. The smallest absolute Gasteiger partial charge is 0.332 e. The van der Waals surface area contributed by atoms with E-state index in [9.17, 15) is 14.4 Å². The van der Waals surface area contributed by atoms with Gasteiger partial charge in [-0.25, -0.2) is 4.79 Å². The number of aliphatic hydroxyl groups excluding tert-OH is 1. The first-order chi connectivity index (χ1) is 6.64. The highest BCUT2D eigenvalue weighted by atomic mass is 16.4. The number of nitrogens with two attached hydrogens (primary N) is 1. The molecule has 1 unspecified atom stereocenters. The van der Waals surface area contributed by atoms with Gasteiger partial charge < -0.3 is 20.7 Å². The fourth-order valence-corrected chi connectivity index (χ4v) is 0.175. The molecule has 1 atom stereocenters. The first-order valence-corrected chi connectivity index (χ1v) is 4.29. The molecule has 0 spiro atoms. The molecule has 0 bridgehead atoms. The first-order valence-electron chi connectivity index (χ1n) is 4.29. The van der Waals surface area contributed by atoms with Crippen LogP contribution in [0.5, 0.6) is 0 Å². The highest BCUT2D eigenvalue weighted by Crippen LogP contribution is 1.86. The maximum atomic E-state index is 9.68. The lowest BCUT2D eigenvalue weighted by molar-refractivity contribution is -0.146. The third kappa shape index (κ3) is 67.2. The summed E-state index contributed by atoms with van der Waals surface area (Å²) in [6, 6.07) is 0. The standard InChI is InChI=1S/C4H8O3.C3H6O.C2H5NO/c1-2-3(5)4(6)7;1-3(2)4;1-2(3)4/h3,5H,2H2,1H3,(H,6,7);1-2H3;1H3,(H2,3,4). The van der Waals surface area contributed by atoms with Crippen LogP contribution in [-0.4, -0.2) is 34.0 Å². The summed E-state index contributed by atoms with van der Waals surface area (Å²) in [7, 11) is 0. The fourth-order valence-electron chi connectivity index (χ4n) is 0.175. The maximum Gasteiger partial charge on any atom is 0.332 e. The number of aliphatic hydroxyl groups is 1. The molecule has 1 amide bonds. The largest absolute Gasteiger partial charge is 0.479 e. The van der Waals surface area contributed by atoms with Gasteiger partial charge in [0.15, 0.2) is 6.10 Å². The second-order valence-corrected chi connectivity index (χ2v) is 2.78. The van der Waals surface area contributed by atoms with Crippen LogP contribution in [0.3, 0.4) is 0 Å². The van der Waals surface area contributed by atoms with E-state index < -0.39 is 12.1 Å². The van der Waals surface area contributed by atoms with Crippen LogP contribution in [0, 0.1) is 0 Å². The molecule has 0 heterocycles. The molecule has 0 aromatic carbocycles. The van der Waals surface area contributed by atoms with Crippen LogP contribution < -0.4 is 5.73 Å². The molecular weight excluding hydrogens is 202 g/mol. The predicted octanol–water partition coefficient (Wildman–Crippen LogP) is -0.0712. The predicted molar refractivity (Wildman–Crippen MR) is 55.2 cm³/mol. The number of hydrogen-bond donors (Lipinski definition) is 3. The molecule has 0 aliphatic carbocycles. The van der Waals surface area contributed by atoms with Crippen molar-refractivity contribution in [3.05, 3.63) is 0 Å². The molecule has 0 rings (SSSR count). The Bertz CT molecular complexity index is 183. The topological polar surface area (TPSA) is 118 Å². The summed E-state index contributed by atoms with van der Waals surface area (Å²) in [5.41, 5.74) is 4.47. The van der Waals surface area contributed by atoms with Crippen molar-refractivity contribution in [2.45, 2.75) is 40.2 Å². The Morgan fingerprint density at radius 3 is 1.40 bits per heavy atom. The van der Waals surface area contributed by atoms with Crippen molar-refractivity contribution in [2.75, 3.05) is 0 Å². The summed E-state index contributed by atoms with van der Waals surface area (Å²) >= 11 is 0. The third-order valence-corrected chi connectivity index (χ3v) is 0.672. The van der Waals surface area contributed by atoms with Gasteiger partial charge in [0.1, 0.15) is 5.78 Å². The van der Waals surface area contributed by atoms with Gasteiger partial charge in [-0.15, -0.1) is 0 Å². The number of primary amides is 1. The normalized spacial score (nSPS) is 9.67. The van der Waals surface area contributed by atoms with Crippen LogP contribution in [0.25, 0.3) is 0 Å². The minimum absolute atomic E-state index is 0.167. The lowest BCUT2D eigenvalue weighted by Crippen LogP contribution is -2.17. The van der Waals surface area contributed by atoms with Crippen LogP contribution in [0.2, 0.25) is 0 Å². The summed E-state index contributed by atoms with van der Waals surface area (Å²) in [5.74, 6) is -1.32. The second-order valence-electron chi connectivity index (χ2n) is 2.78. The molecule has 0 aliphatic rings. The molecule has 0 saturated heterocycles. The molecular formula is C9H19NO5. The zero-order chi connectivity index (χ0) is 13.0. The van der Waals surface area contributed by atoms with E-state index in [0.717, 1.165) is 0 Å². The van der Waals surface area contributed by atoms with Crippen molar-refractivity contribution < 1.29 is 24.6 Å². The van der Waals surface area contributed by atoms with Crippen molar-refractivity contribution in [1.29, 1.82) is 0 Å². The Hall–Kier alpha value is -1.43. The summed E-state index contributed by atoms with van der Waals surface area (Å²) < 4.78 is 0. The summed E-state index contributed by atoms with van der Waals surface area (Å²) in [6.07, 6.45) is -0.907. The van der Waals surface area contributed by atoms with E-state index in [4.69, 9.17) is 10.2 Å². The van der Waals surface area contributed by atoms with E-state index >= 15 is 0 Å². The fraction of sp³-hybridized carbons (Fsp3) is 0.667. The number of carboxylic acid groups (broad SMARTS) is 1. The third-order valence-electron chi connectivity index (χ3n) is 0.672. The monoisotopic (exact) mass is 221 g/mol. The van der Waals surface area contributed by atoms with E-state index in [2.05, 4.69) is 5.73 Å². The number of Topliss-reactive ketones (excluding diaryl/α,β-unsaturated/α-hetero) is 1. The van der Waals surface area contributed by atoms with Gasteiger partial charge in [-0.2, -0.15) is 0 Å². The lowest BCUT2D eigenvalue weighted by atomic mass is 10.3. The Morgan fingerprint density at radius 2 is 1.40 bits per heavy atom. The van der Waals surface area contributed by atoms with Gasteiger partial charge >= 0.3 is 5.97 Å². The van der Waals surface area contributed by atoms with Gasteiger partial charge in [0.05, 0.1) is 0 Å². The van der Waals surface area contributed by atoms with Gasteiger partial charge in [-0.1, -0.05) is 6.92 Å². The Kier molecular flexibility index (Phi) is 16.1. The molecule has 0 aliphatic heterocycles. The lowest BCUT2D eigenvalue weighted by Gasteiger charge is -1.95. The molecule has 6 nitrogen and oxygen atoms in total. The van der Waals surface area contributed by atoms with Crippen molar-refractivity contribution in [1.82, 2.24) is 0 Å². The van der Waals surface area contributed by atoms with Gasteiger partial charge in [0.2, 0.25) is 5.91 Å². The first kappa shape index (κ1) is 19.2. The molecule has 0 saturated carbocycles. The van der Waals surface area contributed by atoms with Crippen molar-refractivity contribution in [2.24, 2.45) is 5.73 Å². The van der Waals surface area contributed by atoms with Crippen molar-refractivity contribution in [3.63, 3.8) is 0 Å². The molecule has 0 aromatic rings. The molecule has 0 fully saturated rings. The van der Waals surface area contributed by atoms with Gasteiger partial charge in [0, 0.05) is 6.92 Å². The van der Waals surface area contributed by atoms with Gasteiger partial charge in [-0.05, 0) is 20.3 Å². The van der Waals surface area contributed by atoms with E-state index in [1.807, 2.05) is 0 Å². The van der Waals surface area contributed by atoms with Gasteiger partial charge in [0.25, 0.3) is 0 Å². The van der Waals surface area contributed by atoms with Crippen LogP contribution in [-0.2, 0) is 14.4 Å². The number of carboxylic acids is 1. The van der Waals surface area contributed by atoms with Crippen LogP contribution in [0.15, 0.2) is 0 Å². The zero-order valence-electron chi connectivity index (χ0n) is 9.48. The van der Waals surface area contributed by atoms with Crippen LogP contribution in [0.1, 0.15) is 34.1 Å². The zero-order valence-corrected chi connectivity index (χ0v) is 9.48. The molecule has 15 heavy (non-hydrogen) atoms. The Morgan fingerprint density at radius 1 is 1.20 bits per heavy atom. The average Bonchev–Trinajstić information content (AvgIpc) is 2.00. The highest BCUT2D eigenvalue weighted by molar-refractivity contribution is 5.72. The van der Waals surface area contributed by atoms with Crippen molar-refractivity contribution in [3.8, 4) is 0 Å². The van der Waals surface area contributed by atoms with E-state index in [1.54, 1.807) is 6.92 Å². The minimum atomic E-state index is -1.18. The van der Waals surface area contributed by atoms with Gasteiger partial charge in [-0.3, -0.25) is 4.79 Å². The summed E-state index contributed by atoms with van der Waals surface area (Å²) in [4.78, 5) is 28.3. The van der Waals surface area contributed by atoms with Crippen molar-refractivity contribution >= 4 is 17.7 Å². The number of amides is 1. The van der Waals surface area contributed by atoms with E-state index in [0.29, 0.717) is 0 Å². The van der Waals surface area contributed by atoms with Crippen LogP contribution >= 0.6 is 0 Å². The Balaban J connectivity index is -0.000000155. The number of carbonyl (C=O) groups is 3. The number of rotatable bonds is 2. The number of hydrogen-bond acceptors (Lipinski definition) is 4. The number of carbonyl (C=O) groups excluding carboxylic acids is 2.